The number of methoxy groups -OCH3 is 1. The molecule has 2 aliphatic rings. The summed E-state index contributed by atoms with van der Waals surface area (Å²) >= 11 is 0. The summed E-state index contributed by atoms with van der Waals surface area (Å²) in [6.07, 6.45) is 2.21. The van der Waals surface area contributed by atoms with Crippen LogP contribution in [0.3, 0.4) is 0 Å². The van der Waals surface area contributed by atoms with Crippen molar-refractivity contribution in [3.8, 4) is 17.2 Å². The molecule has 17 heteroatoms. The Labute approximate surface area is 257 Å². The largest absolute Gasteiger partial charge is 0.494 e. The molecule has 2 heterocycles. The molecule has 2 aliphatic carbocycles. The molecular formula is C27H29B3N8O6. The number of para-hydroxylation sites is 1. The molecule has 3 aromatic rings. The number of carbonyl (C=O) groups is 3. The summed E-state index contributed by atoms with van der Waals surface area (Å²) in [6, 6.07) is 6.51. The second-order valence-electron chi connectivity index (χ2n) is 11.8. The Morgan fingerprint density at radius 2 is 1.80 bits per heavy atom. The molecular weight excluding hydrogens is 565 g/mol. The Kier molecular flexibility index (Phi) is 8.08. The van der Waals surface area contributed by atoms with Crippen molar-refractivity contribution in [2.24, 2.45) is 5.92 Å². The van der Waals surface area contributed by atoms with Crippen LogP contribution in [0.25, 0.3) is 11.5 Å². The molecule has 2 fully saturated rings. The molecule has 0 spiro atoms. The van der Waals surface area contributed by atoms with Crippen molar-refractivity contribution in [3.05, 3.63) is 35.8 Å². The van der Waals surface area contributed by atoms with Crippen LogP contribution in [0.2, 0.25) is 0 Å². The zero-order chi connectivity index (χ0) is 31.9. The van der Waals surface area contributed by atoms with E-state index >= 15 is 0 Å². The van der Waals surface area contributed by atoms with Gasteiger partial charge in [-0.1, -0.05) is 16.5 Å². The van der Waals surface area contributed by atoms with Gasteiger partial charge in [0.15, 0.2) is 23.1 Å². The number of anilines is 3. The fraction of sp³-hybridized carbons (Fsp3) is 0.444. The molecule has 0 saturated heterocycles. The fourth-order valence-corrected chi connectivity index (χ4v) is 4.27. The summed E-state index contributed by atoms with van der Waals surface area (Å²) < 4.78 is 16.7. The lowest BCUT2D eigenvalue weighted by atomic mass is 9.49. The monoisotopic (exact) mass is 594 g/mol. The summed E-state index contributed by atoms with van der Waals surface area (Å²) in [5.41, 5.74) is -0.753. The maximum absolute atomic E-state index is 12.9. The number of ether oxygens (including phenoxy) is 2. The van der Waals surface area contributed by atoms with Gasteiger partial charge < -0.3 is 35.3 Å². The van der Waals surface area contributed by atoms with Crippen molar-refractivity contribution < 1.29 is 28.4 Å². The van der Waals surface area contributed by atoms with Gasteiger partial charge >= 0.3 is 6.09 Å². The standard InChI is InChI=1S/C27H29B3N8O6/c1-25(2,3)43-24(41)35-26(10-11-26)23-33-22(44-38-23)14-6-5-7-15(19(14)42-4)31-16-12-17(32-20(39)13-8-9-13)36-37-18(16)21(40)34-27(28,29)30/h5-7,12-13H,8-11H2,1-4H3,(H,34,40)(H,35,41)(H2,31,32,36,39). The molecule has 1 aromatic carbocycles. The SMILES string of the molecule is [B]C([B])([B])NC(=O)c1nnc(NC(=O)C2CC2)cc1Nc1cccc(-c2nc(C3(NC(=O)OC(C)(C)C)CC3)no2)c1OC. The zero-order valence-electron chi connectivity index (χ0n) is 24.7. The van der Waals surface area contributed by atoms with Gasteiger partial charge in [0.25, 0.3) is 11.8 Å². The topological polar surface area (TPSA) is 182 Å². The molecule has 0 aliphatic heterocycles. The molecule has 2 aromatic heterocycles. The number of amides is 3. The predicted octanol–water partition coefficient (Wildman–Crippen LogP) is 1.99. The Balaban J connectivity index is 1.44. The summed E-state index contributed by atoms with van der Waals surface area (Å²) in [5, 5.41) is 20.9. The van der Waals surface area contributed by atoms with Crippen molar-refractivity contribution in [2.45, 2.75) is 62.8 Å². The van der Waals surface area contributed by atoms with Gasteiger partial charge in [0.2, 0.25) is 5.91 Å². The first kappa shape index (κ1) is 30.9. The molecule has 0 atom stereocenters. The first-order valence-electron chi connectivity index (χ1n) is 13.8. The van der Waals surface area contributed by atoms with Crippen LogP contribution in [0.15, 0.2) is 28.8 Å². The predicted molar refractivity (Wildman–Crippen MR) is 161 cm³/mol. The minimum atomic E-state index is -2.03. The number of carbonyl (C=O) groups excluding carboxylic acids is 3. The van der Waals surface area contributed by atoms with Gasteiger partial charge in [-0.15, -0.1) is 10.2 Å². The Morgan fingerprint density at radius 1 is 1.07 bits per heavy atom. The average Bonchev–Trinajstić information content (AvgIpc) is 3.85. The van der Waals surface area contributed by atoms with Crippen molar-refractivity contribution in [2.75, 3.05) is 17.7 Å². The van der Waals surface area contributed by atoms with E-state index in [9.17, 15) is 14.4 Å². The molecule has 14 nitrogen and oxygen atoms in total. The van der Waals surface area contributed by atoms with Gasteiger partial charge in [0.05, 0.1) is 47.6 Å². The summed E-state index contributed by atoms with van der Waals surface area (Å²) in [6.45, 7) is 5.32. The van der Waals surface area contributed by atoms with Crippen molar-refractivity contribution in [3.63, 3.8) is 0 Å². The van der Waals surface area contributed by atoms with Crippen molar-refractivity contribution in [1.29, 1.82) is 0 Å². The lowest BCUT2D eigenvalue weighted by Gasteiger charge is -2.23. The quantitative estimate of drug-likeness (QED) is 0.252. The van der Waals surface area contributed by atoms with Crippen LogP contribution in [0.4, 0.5) is 22.0 Å². The number of nitrogens with one attached hydrogen (secondary N) is 4. The maximum atomic E-state index is 12.9. The highest BCUT2D eigenvalue weighted by Crippen LogP contribution is 2.46. The first-order valence-corrected chi connectivity index (χ1v) is 13.8. The van der Waals surface area contributed by atoms with E-state index in [0.29, 0.717) is 29.9 Å². The number of aromatic nitrogens is 4. The van der Waals surface area contributed by atoms with Gasteiger partial charge in [-0.25, -0.2) is 4.79 Å². The maximum Gasteiger partial charge on any atom is 0.408 e. The molecule has 3 amide bonds. The smallest absolute Gasteiger partial charge is 0.408 e. The van der Waals surface area contributed by atoms with E-state index in [0.717, 1.165) is 12.8 Å². The van der Waals surface area contributed by atoms with Crippen molar-refractivity contribution >= 4 is 58.6 Å². The van der Waals surface area contributed by atoms with Crippen LogP contribution in [0, 0.1) is 5.92 Å². The normalized spacial score (nSPS) is 15.5. The molecule has 0 bridgehead atoms. The van der Waals surface area contributed by atoms with Gasteiger partial charge in [-0.2, -0.15) is 4.98 Å². The highest BCUT2D eigenvalue weighted by Gasteiger charge is 2.51. The lowest BCUT2D eigenvalue weighted by molar-refractivity contribution is -0.117. The first-order chi connectivity index (χ1) is 20.7. The average molecular weight is 594 g/mol. The molecule has 4 N–H and O–H groups in total. The second kappa shape index (κ2) is 11.5. The summed E-state index contributed by atoms with van der Waals surface area (Å²) in [5.74, 6) is -0.297. The number of alkyl carbamates (subject to hydrolysis) is 1. The number of rotatable bonds is 10. The number of hydrogen-bond acceptors (Lipinski definition) is 11. The van der Waals surface area contributed by atoms with E-state index in [1.54, 1.807) is 39.0 Å². The third-order valence-electron chi connectivity index (χ3n) is 6.60. The third kappa shape index (κ3) is 7.32. The highest BCUT2D eigenvalue weighted by atomic mass is 16.6. The van der Waals surface area contributed by atoms with Crippen LogP contribution >= 0.6 is 0 Å². The van der Waals surface area contributed by atoms with Crippen LogP contribution in [-0.2, 0) is 15.1 Å². The van der Waals surface area contributed by atoms with Gasteiger partial charge in [-0.3, -0.25) is 9.59 Å². The molecule has 5 rings (SSSR count). The van der Waals surface area contributed by atoms with Crippen LogP contribution in [0.5, 0.6) is 5.75 Å². The molecule has 6 radical (unpaired) electrons. The molecule has 0 unspecified atom stereocenters. The Bertz CT molecular complexity index is 1590. The Hall–Kier alpha value is -4.56. The lowest BCUT2D eigenvalue weighted by Crippen LogP contribution is -2.50. The Morgan fingerprint density at radius 3 is 2.41 bits per heavy atom. The van der Waals surface area contributed by atoms with Gasteiger partial charge in [0.1, 0.15) is 11.1 Å². The molecule has 44 heavy (non-hydrogen) atoms. The number of benzene rings is 1. The summed E-state index contributed by atoms with van der Waals surface area (Å²) in [4.78, 5) is 42.3. The van der Waals surface area contributed by atoms with E-state index in [2.05, 4.69) is 41.6 Å². The van der Waals surface area contributed by atoms with Crippen LogP contribution in [0.1, 0.15) is 62.8 Å². The van der Waals surface area contributed by atoms with Crippen molar-refractivity contribution in [1.82, 2.24) is 31.0 Å². The van der Waals surface area contributed by atoms with E-state index in [4.69, 9.17) is 37.5 Å². The highest BCUT2D eigenvalue weighted by molar-refractivity contribution is 6.60. The number of nitrogens with zero attached hydrogens (tertiary/aromatic N) is 4. The van der Waals surface area contributed by atoms with Gasteiger partial charge in [-0.05, 0) is 58.6 Å². The van der Waals surface area contributed by atoms with Crippen LogP contribution in [-0.4, -0.2) is 79.7 Å². The third-order valence-corrected chi connectivity index (χ3v) is 6.60. The van der Waals surface area contributed by atoms with Gasteiger partial charge in [0, 0.05) is 12.0 Å². The zero-order valence-corrected chi connectivity index (χ0v) is 24.7. The number of hydrogen-bond donors (Lipinski definition) is 4. The minimum Gasteiger partial charge on any atom is -0.494 e. The second-order valence-corrected chi connectivity index (χ2v) is 11.8. The molecule has 2 saturated carbocycles. The van der Waals surface area contributed by atoms with E-state index in [-0.39, 0.29) is 40.7 Å². The van der Waals surface area contributed by atoms with E-state index in [1.165, 1.54) is 13.2 Å². The van der Waals surface area contributed by atoms with Crippen LogP contribution < -0.4 is 26.0 Å². The van der Waals surface area contributed by atoms with E-state index < -0.39 is 28.4 Å². The van der Waals surface area contributed by atoms with E-state index in [1.807, 2.05) is 0 Å². The summed E-state index contributed by atoms with van der Waals surface area (Å²) in [7, 11) is 18.1. The minimum absolute atomic E-state index is 0.0892. The molecule has 222 valence electrons. The fourth-order valence-electron chi connectivity index (χ4n) is 4.27.